The zero-order valence-electron chi connectivity index (χ0n) is 19.2. The first-order chi connectivity index (χ1) is 15.7. The average Bonchev–Trinajstić information content (AvgIpc) is 2.86. The number of para-hydroxylation sites is 1. The van der Waals surface area contributed by atoms with Gasteiger partial charge in [-0.25, -0.2) is 8.42 Å². The Bertz CT molecular complexity index is 1180. The molecule has 0 aliphatic carbocycles. The summed E-state index contributed by atoms with van der Waals surface area (Å²) in [5.74, 6) is 0.308. The molecule has 0 heterocycles. The second-order valence-electron chi connectivity index (χ2n) is 7.70. The first-order valence-corrected chi connectivity index (χ1v) is 12.0. The first-order valence-electron chi connectivity index (χ1n) is 10.5. The fraction of sp³-hybridized carbons (Fsp3) is 0.240. The Labute approximate surface area is 195 Å². The van der Waals surface area contributed by atoms with E-state index in [0.29, 0.717) is 18.0 Å². The molecule has 8 heteroatoms. The number of sulfonamides is 1. The Morgan fingerprint density at radius 1 is 0.939 bits per heavy atom. The number of nitrogens with zero attached hydrogens (tertiary/aromatic N) is 2. The molecule has 0 saturated carbocycles. The van der Waals surface area contributed by atoms with Crippen molar-refractivity contribution < 1.29 is 17.9 Å². The van der Waals surface area contributed by atoms with Crippen molar-refractivity contribution >= 4 is 27.3 Å². The summed E-state index contributed by atoms with van der Waals surface area (Å²) in [5, 5.41) is 2.90. The van der Waals surface area contributed by atoms with Gasteiger partial charge in [-0.3, -0.25) is 9.10 Å². The fourth-order valence-corrected chi connectivity index (χ4v) is 4.53. The number of rotatable bonds is 9. The van der Waals surface area contributed by atoms with Gasteiger partial charge in [0.15, 0.2) is 0 Å². The molecule has 0 radical (unpaired) electrons. The van der Waals surface area contributed by atoms with Crippen molar-refractivity contribution in [2.75, 3.05) is 37.0 Å². The summed E-state index contributed by atoms with van der Waals surface area (Å²) >= 11 is 0. The number of methoxy groups -OCH3 is 1. The lowest BCUT2D eigenvalue weighted by Crippen LogP contribution is -2.40. The lowest BCUT2D eigenvalue weighted by atomic mass is 10.2. The average molecular weight is 468 g/mol. The summed E-state index contributed by atoms with van der Waals surface area (Å²) in [4.78, 5) is 14.9. The number of ether oxygens (including phenoxy) is 1. The van der Waals surface area contributed by atoms with Crippen LogP contribution < -0.4 is 19.3 Å². The number of nitrogens with one attached hydrogen (secondary N) is 1. The molecule has 0 aliphatic heterocycles. The van der Waals surface area contributed by atoms with Gasteiger partial charge in [-0.2, -0.15) is 0 Å². The van der Waals surface area contributed by atoms with Crippen molar-refractivity contribution in [1.82, 2.24) is 5.32 Å². The minimum Gasteiger partial charge on any atom is -0.497 e. The molecule has 1 amide bonds. The zero-order valence-corrected chi connectivity index (χ0v) is 20.0. The van der Waals surface area contributed by atoms with Crippen LogP contribution in [0.1, 0.15) is 17.3 Å². The topological polar surface area (TPSA) is 78.9 Å². The van der Waals surface area contributed by atoms with E-state index in [1.807, 2.05) is 44.3 Å². The standard InChI is InChI=1S/C25H29N3O4S/c1-19(27(2)21-10-6-5-7-11-21)18-26-25(29)20-9-8-12-24(17-20)33(30,31)28(3)22-13-15-23(32-4)16-14-22/h5-17,19H,18H2,1-4H3,(H,26,29). The van der Waals surface area contributed by atoms with Crippen molar-refractivity contribution in [3.8, 4) is 5.75 Å². The SMILES string of the molecule is COc1ccc(N(C)S(=O)(=O)c2cccc(C(=O)NCC(C)N(C)c3ccccc3)c2)cc1. The van der Waals surface area contributed by atoms with Gasteiger partial charge < -0.3 is 15.0 Å². The number of likely N-dealkylation sites (N-methyl/N-ethyl adjacent to an activating group) is 1. The summed E-state index contributed by atoms with van der Waals surface area (Å²) < 4.78 is 32.6. The molecule has 3 aromatic carbocycles. The number of amides is 1. The summed E-state index contributed by atoms with van der Waals surface area (Å²) in [6.45, 7) is 2.42. The Kier molecular flexibility index (Phi) is 7.60. The van der Waals surface area contributed by atoms with Gasteiger partial charge in [-0.05, 0) is 61.5 Å². The van der Waals surface area contributed by atoms with E-state index in [9.17, 15) is 13.2 Å². The molecule has 33 heavy (non-hydrogen) atoms. The summed E-state index contributed by atoms with van der Waals surface area (Å²) in [5.41, 5.74) is 1.83. The van der Waals surface area contributed by atoms with Gasteiger partial charge in [-0.1, -0.05) is 24.3 Å². The summed E-state index contributed by atoms with van der Waals surface area (Å²) in [7, 11) is 1.15. The zero-order chi connectivity index (χ0) is 24.0. The van der Waals surface area contributed by atoms with E-state index < -0.39 is 10.0 Å². The van der Waals surface area contributed by atoms with E-state index in [2.05, 4.69) is 10.2 Å². The molecule has 174 valence electrons. The number of hydrogen-bond donors (Lipinski definition) is 1. The summed E-state index contributed by atoms with van der Waals surface area (Å²) in [6.07, 6.45) is 0. The van der Waals surface area contributed by atoms with E-state index in [4.69, 9.17) is 4.74 Å². The molecule has 0 aromatic heterocycles. The molecular formula is C25H29N3O4S. The van der Waals surface area contributed by atoms with Gasteiger partial charge in [0.2, 0.25) is 0 Å². The van der Waals surface area contributed by atoms with Crippen molar-refractivity contribution in [3.05, 3.63) is 84.4 Å². The quantitative estimate of drug-likeness (QED) is 0.518. The molecule has 0 fully saturated rings. The van der Waals surface area contributed by atoms with Crippen LogP contribution in [0.15, 0.2) is 83.8 Å². The van der Waals surface area contributed by atoms with Gasteiger partial charge in [-0.15, -0.1) is 0 Å². The predicted octanol–water partition coefficient (Wildman–Crippen LogP) is 3.78. The smallest absolute Gasteiger partial charge is 0.264 e. The maximum Gasteiger partial charge on any atom is 0.264 e. The number of anilines is 2. The Morgan fingerprint density at radius 3 is 2.24 bits per heavy atom. The van der Waals surface area contributed by atoms with Crippen LogP contribution in [0.3, 0.4) is 0 Å². The minimum absolute atomic E-state index is 0.0444. The largest absolute Gasteiger partial charge is 0.497 e. The van der Waals surface area contributed by atoms with E-state index in [0.717, 1.165) is 5.69 Å². The van der Waals surface area contributed by atoms with Crippen LogP contribution in [0, 0.1) is 0 Å². The van der Waals surface area contributed by atoms with Gasteiger partial charge in [0, 0.05) is 37.9 Å². The maximum absolute atomic E-state index is 13.1. The van der Waals surface area contributed by atoms with Gasteiger partial charge >= 0.3 is 0 Å². The van der Waals surface area contributed by atoms with Crippen LogP contribution in [0.5, 0.6) is 5.75 Å². The highest BCUT2D eigenvalue weighted by atomic mass is 32.2. The van der Waals surface area contributed by atoms with Crippen LogP contribution in [-0.4, -0.2) is 48.1 Å². The molecule has 0 saturated heterocycles. The molecule has 7 nitrogen and oxygen atoms in total. The third kappa shape index (κ3) is 5.64. The lowest BCUT2D eigenvalue weighted by molar-refractivity contribution is 0.0951. The van der Waals surface area contributed by atoms with E-state index >= 15 is 0 Å². The fourth-order valence-electron chi connectivity index (χ4n) is 3.28. The first kappa shape index (κ1) is 24.1. The van der Waals surface area contributed by atoms with Crippen molar-refractivity contribution in [2.45, 2.75) is 17.9 Å². The molecule has 0 aliphatic rings. The van der Waals surface area contributed by atoms with Crippen LogP contribution in [0.2, 0.25) is 0 Å². The van der Waals surface area contributed by atoms with E-state index in [1.54, 1.807) is 43.5 Å². The van der Waals surface area contributed by atoms with Crippen LogP contribution in [0.4, 0.5) is 11.4 Å². The lowest BCUT2D eigenvalue weighted by Gasteiger charge is -2.27. The second kappa shape index (κ2) is 10.4. The molecular weight excluding hydrogens is 438 g/mol. The molecule has 3 rings (SSSR count). The number of carbonyl (C=O) groups is 1. The predicted molar refractivity (Wildman–Crippen MR) is 132 cm³/mol. The number of benzene rings is 3. The molecule has 1 atom stereocenters. The number of carbonyl (C=O) groups excluding carboxylic acids is 1. The highest BCUT2D eigenvalue weighted by molar-refractivity contribution is 7.92. The second-order valence-corrected chi connectivity index (χ2v) is 9.67. The highest BCUT2D eigenvalue weighted by Crippen LogP contribution is 2.24. The van der Waals surface area contributed by atoms with Crippen LogP contribution in [-0.2, 0) is 10.0 Å². The molecule has 0 bridgehead atoms. The Hall–Kier alpha value is -3.52. The molecule has 1 unspecified atom stereocenters. The van der Waals surface area contributed by atoms with Crippen molar-refractivity contribution in [2.24, 2.45) is 0 Å². The van der Waals surface area contributed by atoms with Crippen molar-refractivity contribution in [1.29, 1.82) is 0 Å². The molecule has 1 N–H and O–H groups in total. The maximum atomic E-state index is 13.1. The summed E-state index contributed by atoms with van der Waals surface area (Å²) in [6, 6.07) is 22.7. The normalized spacial score (nSPS) is 12.0. The van der Waals surface area contributed by atoms with Gasteiger partial charge in [0.25, 0.3) is 15.9 Å². The monoisotopic (exact) mass is 467 g/mol. The van der Waals surface area contributed by atoms with E-state index in [-0.39, 0.29) is 22.4 Å². The molecule has 0 spiro atoms. The minimum atomic E-state index is -3.84. The molecule has 3 aromatic rings. The van der Waals surface area contributed by atoms with Crippen LogP contribution >= 0.6 is 0 Å². The number of hydrogen-bond acceptors (Lipinski definition) is 5. The Morgan fingerprint density at radius 2 is 1.61 bits per heavy atom. The van der Waals surface area contributed by atoms with Crippen LogP contribution in [0.25, 0.3) is 0 Å². The highest BCUT2D eigenvalue weighted by Gasteiger charge is 2.23. The third-order valence-electron chi connectivity index (χ3n) is 5.57. The third-order valence-corrected chi connectivity index (χ3v) is 7.35. The van der Waals surface area contributed by atoms with Gasteiger partial charge in [0.1, 0.15) is 5.75 Å². The van der Waals surface area contributed by atoms with Gasteiger partial charge in [0.05, 0.1) is 17.7 Å². The van der Waals surface area contributed by atoms with E-state index in [1.165, 1.54) is 23.5 Å². The Balaban J connectivity index is 1.70. The van der Waals surface area contributed by atoms with Crippen molar-refractivity contribution in [3.63, 3.8) is 0 Å².